The fourth-order valence-electron chi connectivity index (χ4n) is 2.56. The van der Waals surface area contributed by atoms with Crippen molar-refractivity contribution in [3.05, 3.63) is 35.9 Å². The van der Waals surface area contributed by atoms with Gasteiger partial charge in [0.2, 0.25) is 0 Å². The average molecular weight is 261 g/mol. The van der Waals surface area contributed by atoms with Gasteiger partial charge in [-0.1, -0.05) is 30.3 Å². The monoisotopic (exact) mass is 261 g/mol. The lowest BCUT2D eigenvalue weighted by Crippen LogP contribution is -2.43. The van der Waals surface area contributed by atoms with Gasteiger partial charge in [-0.2, -0.15) is 0 Å². The molecule has 0 N–H and O–H groups in total. The second-order valence-electron chi connectivity index (χ2n) is 5.54. The van der Waals surface area contributed by atoms with Crippen LogP contribution in [0.2, 0.25) is 0 Å². The molecule has 1 heterocycles. The number of likely N-dealkylation sites (tertiary alicyclic amines) is 1. The zero-order valence-electron chi connectivity index (χ0n) is 11.9. The molecular formula is C16H23NO2. The molecule has 0 radical (unpaired) electrons. The summed E-state index contributed by atoms with van der Waals surface area (Å²) in [5.41, 5.74) is 1.05. The largest absolute Gasteiger partial charge is 0.466 e. The number of benzene rings is 1. The number of hydrogen-bond acceptors (Lipinski definition) is 3. The first-order chi connectivity index (χ1) is 9.14. The van der Waals surface area contributed by atoms with Crippen molar-refractivity contribution in [2.75, 3.05) is 19.7 Å². The van der Waals surface area contributed by atoms with Crippen LogP contribution in [0.4, 0.5) is 0 Å². The van der Waals surface area contributed by atoms with Crippen LogP contribution >= 0.6 is 0 Å². The Morgan fingerprint density at radius 3 is 2.47 bits per heavy atom. The topological polar surface area (TPSA) is 29.5 Å². The molecule has 0 saturated carbocycles. The van der Waals surface area contributed by atoms with E-state index in [0.29, 0.717) is 6.61 Å². The molecule has 0 unspecified atom stereocenters. The van der Waals surface area contributed by atoms with Crippen molar-refractivity contribution in [1.82, 2.24) is 4.90 Å². The van der Waals surface area contributed by atoms with Crippen LogP contribution in [0.25, 0.3) is 0 Å². The van der Waals surface area contributed by atoms with Crippen molar-refractivity contribution < 1.29 is 9.53 Å². The Morgan fingerprint density at radius 2 is 1.89 bits per heavy atom. The number of nitrogens with zero attached hydrogens (tertiary/aromatic N) is 1. The molecule has 0 aromatic heterocycles. The Morgan fingerprint density at radius 1 is 1.26 bits per heavy atom. The molecule has 1 fully saturated rings. The van der Waals surface area contributed by atoms with Gasteiger partial charge >= 0.3 is 5.97 Å². The minimum Gasteiger partial charge on any atom is -0.466 e. The third kappa shape index (κ3) is 3.57. The predicted octanol–water partition coefficient (Wildman–Crippen LogP) is 2.85. The maximum absolute atomic E-state index is 11.9. The van der Waals surface area contributed by atoms with Crippen LogP contribution in [0.5, 0.6) is 0 Å². The van der Waals surface area contributed by atoms with E-state index in [0.717, 1.165) is 32.5 Å². The minimum atomic E-state index is -0.288. The predicted molar refractivity (Wildman–Crippen MR) is 75.7 cm³/mol. The molecule has 3 heteroatoms. The summed E-state index contributed by atoms with van der Waals surface area (Å²) in [4.78, 5) is 14.4. The SMILES string of the molecule is CCOC(=O)C1(C)CCN(Cc2ccccc2)CC1. The smallest absolute Gasteiger partial charge is 0.311 e. The molecule has 1 saturated heterocycles. The normalized spacial score (nSPS) is 19.1. The number of piperidine rings is 1. The first-order valence-corrected chi connectivity index (χ1v) is 7.07. The van der Waals surface area contributed by atoms with Gasteiger partial charge in [0.15, 0.2) is 0 Å². The van der Waals surface area contributed by atoms with Crippen LogP contribution in [0, 0.1) is 5.41 Å². The Kier molecular flexibility index (Phi) is 4.59. The zero-order valence-corrected chi connectivity index (χ0v) is 11.9. The van der Waals surface area contributed by atoms with Gasteiger partial charge in [-0.05, 0) is 45.3 Å². The van der Waals surface area contributed by atoms with E-state index in [-0.39, 0.29) is 11.4 Å². The summed E-state index contributed by atoms with van der Waals surface area (Å²) in [7, 11) is 0. The summed E-state index contributed by atoms with van der Waals surface area (Å²) < 4.78 is 5.18. The van der Waals surface area contributed by atoms with Crippen molar-refractivity contribution >= 4 is 5.97 Å². The molecule has 0 spiro atoms. The summed E-state index contributed by atoms with van der Waals surface area (Å²) in [6, 6.07) is 10.5. The molecular weight excluding hydrogens is 238 g/mol. The van der Waals surface area contributed by atoms with Crippen LogP contribution in [-0.2, 0) is 16.1 Å². The molecule has 19 heavy (non-hydrogen) atoms. The maximum atomic E-state index is 11.9. The first kappa shape index (κ1) is 14.1. The molecule has 1 aromatic carbocycles. The molecule has 0 aliphatic carbocycles. The Hall–Kier alpha value is -1.35. The quantitative estimate of drug-likeness (QED) is 0.781. The minimum absolute atomic E-state index is 0.0330. The van der Waals surface area contributed by atoms with Crippen molar-refractivity contribution in [3.8, 4) is 0 Å². The van der Waals surface area contributed by atoms with E-state index in [4.69, 9.17) is 4.74 Å². The van der Waals surface area contributed by atoms with E-state index in [1.807, 2.05) is 19.9 Å². The zero-order chi connectivity index (χ0) is 13.7. The first-order valence-electron chi connectivity index (χ1n) is 7.07. The molecule has 104 valence electrons. The number of carbonyl (C=O) groups is 1. The van der Waals surface area contributed by atoms with Gasteiger partial charge in [0.1, 0.15) is 0 Å². The van der Waals surface area contributed by atoms with Crippen LogP contribution in [0.15, 0.2) is 30.3 Å². The fourth-order valence-corrected chi connectivity index (χ4v) is 2.56. The van der Waals surface area contributed by atoms with Crippen molar-refractivity contribution in [2.24, 2.45) is 5.41 Å². The van der Waals surface area contributed by atoms with Crippen LogP contribution in [0.3, 0.4) is 0 Å². The number of ether oxygens (including phenoxy) is 1. The molecule has 1 aromatic rings. The summed E-state index contributed by atoms with van der Waals surface area (Å²) in [6.45, 7) is 7.27. The third-order valence-electron chi connectivity index (χ3n) is 3.98. The molecule has 0 bridgehead atoms. The van der Waals surface area contributed by atoms with E-state index in [9.17, 15) is 4.79 Å². The van der Waals surface area contributed by atoms with Crippen molar-refractivity contribution in [3.63, 3.8) is 0 Å². The lowest BCUT2D eigenvalue weighted by atomic mass is 9.80. The summed E-state index contributed by atoms with van der Waals surface area (Å²) in [6.07, 6.45) is 1.78. The summed E-state index contributed by atoms with van der Waals surface area (Å²) in [5.74, 6) is -0.0330. The van der Waals surface area contributed by atoms with E-state index >= 15 is 0 Å². The van der Waals surface area contributed by atoms with E-state index in [1.165, 1.54) is 5.56 Å². The van der Waals surface area contributed by atoms with Crippen LogP contribution in [0.1, 0.15) is 32.3 Å². The standard InChI is InChI=1S/C16H23NO2/c1-3-19-15(18)16(2)9-11-17(12-10-16)13-14-7-5-4-6-8-14/h4-8H,3,9-13H2,1-2H3. The Bertz CT molecular complexity index is 408. The van der Waals surface area contributed by atoms with E-state index in [1.54, 1.807) is 0 Å². The van der Waals surface area contributed by atoms with Crippen molar-refractivity contribution in [1.29, 1.82) is 0 Å². The van der Waals surface area contributed by atoms with Gasteiger partial charge in [-0.25, -0.2) is 0 Å². The third-order valence-corrected chi connectivity index (χ3v) is 3.98. The number of rotatable bonds is 4. The lowest BCUT2D eigenvalue weighted by Gasteiger charge is -2.37. The Labute approximate surface area is 115 Å². The molecule has 3 nitrogen and oxygen atoms in total. The van der Waals surface area contributed by atoms with Gasteiger partial charge < -0.3 is 4.74 Å². The van der Waals surface area contributed by atoms with Crippen LogP contribution < -0.4 is 0 Å². The molecule has 0 amide bonds. The van der Waals surface area contributed by atoms with E-state index in [2.05, 4.69) is 29.2 Å². The highest BCUT2D eigenvalue weighted by molar-refractivity contribution is 5.76. The van der Waals surface area contributed by atoms with Crippen LogP contribution in [-0.4, -0.2) is 30.6 Å². The number of hydrogen-bond donors (Lipinski definition) is 0. The highest BCUT2D eigenvalue weighted by atomic mass is 16.5. The second kappa shape index (κ2) is 6.20. The number of esters is 1. The fraction of sp³-hybridized carbons (Fsp3) is 0.562. The summed E-state index contributed by atoms with van der Waals surface area (Å²) >= 11 is 0. The van der Waals surface area contributed by atoms with Crippen molar-refractivity contribution in [2.45, 2.75) is 33.2 Å². The average Bonchev–Trinajstić information content (AvgIpc) is 2.43. The number of carbonyl (C=O) groups excluding carboxylic acids is 1. The van der Waals surface area contributed by atoms with Gasteiger partial charge in [0.25, 0.3) is 0 Å². The van der Waals surface area contributed by atoms with Gasteiger partial charge in [-0.15, -0.1) is 0 Å². The lowest BCUT2D eigenvalue weighted by molar-refractivity contribution is -0.157. The molecule has 1 aliphatic heterocycles. The highest BCUT2D eigenvalue weighted by Gasteiger charge is 2.37. The molecule has 2 rings (SSSR count). The maximum Gasteiger partial charge on any atom is 0.311 e. The molecule has 0 atom stereocenters. The molecule has 1 aliphatic rings. The van der Waals surface area contributed by atoms with Gasteiger partial charge in [0, 0.05) is 6.54 Å². The highest BCUT2D eigenvalue weighted by Crippen LogP contribution is 2.32. The van der Waals surface area contributed by atoms with Gasteiger partial charge in [-0.3, -0.25) is 9.69 Å². The van der Waals surface area contributed by atoms with E-state index < -0.39 is 0 Å². The summed E-state index contributed by atoms with van der Waals surface area (Å²) in [5, 5.41) is 0. The second-order valence-corrected chi connectivity index (χ2v) is 5.54. The Balaban J connectivity index is 1.87. The van der Waals surface area contributed by atoms with Gasteiger partial charge in [0.05, 0.1) is 12.0 Å².